The number of hydrogen-bond acceptors (Lipinski definition) is 6. The molecule has 1 saturated heterocycles. The summed E-state index contributed by atoms with van der Waals surface area (Å²) in [5, 5.41) is 12.4. The molecule has 25 heavy (non-hydrogen) atoms. The van der Waals surface area contributed by atoms with Crippen molar-refractivity contribution in [1.82, 2.24) is 14.9 Å². The van der Waals surface area contributed by atoms with Crippen LogP contribution in [0.3, 0.4) is 0 Å². The predicted octanol–water partition coefficient (Wildman–Crippen LogP) is 1.86. The number of rotatable bonds is 5. The number of likely N-dealkylation sites (N-methyl/N-ethyl adjacent to an activating group) is 1. The molecular weight excluding hydrogens is 320 g/mol. The first-order valence-corrected chi connectivity index (χ1v) is 8.16. The second-order valence-electron chi connectivity index (χ2n) is 6.09. The van der Waals surface area contributed by atoms with E-state index in [0.29, 0.717) is 24.7 Å². The van der Waals surface area contributed by atoms with Gasteiger partial charge in [-0.2, -0.15) is 9.97 Å². The molecule has 0 radical (unpaired) electrons. The molecule has 0 aliphatic carbocycles. The van der Waals surface area contributed by atoms with Crippen LogP contribution in [0.2, 0.25) is 0 Å². The Morgan fingerprint density at radius 2 is 2.16 bits per heavy atom. The molecule has 2 heterocycles. The second-order valence-corrected chi connectivity index (χ2v) is 6.09. The van der Waals surface area contributed by atoms with Gasteiger partial charge in [0.15, 0.2) is 0 Å². The van der Waals surface area contributed by atoms with Crippen molar-refractivity contribution < 1.29 is 9.90 Å². The summed E-state index contributed by atoms with van der Waals surface area (Å²) in [7, 11) is 1.59. The molecule has 1 aliphatic heterocycles. The molecule has 1 atom stereocenters. The number of hydrogen-bond donors (Lipinski definition) is 3. The Kier molecular flexibility index (Phi) is 4.87. The lowest BCUT2D eigenvalue weighted by Crippen LogP contribution is -2.38. The number of anilines is 3. The molecule has 2 aromatic rings. The van der Waals surface area contributed by atoms with Gasteiger partial charge in [-0.15, -0.1) is 0 Å². The molecule has 132 valence electrons. The maximum atomic E-state index is 11.1. The molecule has 0 spiro atoms. The van der Waals surface area contributed by atoms with Crippen molar-refractivity contribution in [3.63, 3.8) is 0 Å². The summed E-state index contributed by atoms with van der Waals surface area (Å²) in [5.74, 6) is 1.56. The molecular formula is C17H22N6O2. The maximum Gasteiger partial charge on any atom is 0.407 e. The van der Waals surface area contributed by atoms with E-state index in [4.69, 9.17) is 10.8 Å². The minimum Gasteiger partial charge on any atom is -0.465 e. The number of carboxylic acid groups (broad SMARTS) is 1. The van der Waals surface area contributed by atoms with Crippen LogP contribution >= 0.6 is 0 Å². The fraction of sp³-hybridized carbons (Fsp3) is 0.353. The zero-order valence-electron chi connectivity index (χ0n) is 14.1. The number of amides is 1. The van der Waals surface area contributed by atoms with Crippen LogP contribution in [0.1, 0.15) is 12.0 Å². The fourth-order valence-corrected chi connectivity index (χ4v) is 2.92. The number of aromatic nitrogens is 2. The number of nitrogens with one attached hydrogen (secondary N) is 1. The van der Waals surface area contributed by atoms with Crippen molar-refractivity contribution in [3.05, 3.63) is 42.0 Å². The molecule has 8 heteroatoms. The minimum absolute atomic E-state index is 0.0468. The van der Waals surface area contributed by atoms with E-state index in [1.165, 1.54) is 4.90 Å². The molecule has 3 rings (SSSR count). The van der Waals surface area contributed by atoms with E-state index in [-0.39, 0.29) is 12.0 Å². The van der Waals surface area contributed by atoms with Gasteiger partial charge in [-0.05, 0) is 12.0 Å². The molecule has 1 fully saturated rings. The molecule has 0 unspecified atom stereocenters. The third-order valence-electron chi connectivity index (χ3n) is 4.38. The smallest absolute Gasteiger partial charge is 0.407 e. The third-order valence-corrected chi connectivity index (χ3v) is 4.38. The molecule has 0 bridgehead atoms. The lowest BCUT2D eigenvalue weighted by molar-refractivity contribution is 0.142. The van der Waals surface area contributed by atoms with Crippen molar-refractivity contribution in [1.29, 1.82) is 0 Å². The van der Waals surface area contributed by atoms with Gasteiger partial charge < -0.3 is 26.0 Å². The zero-order valence-corrected chi connectivity index (χ0v) is 14.1. The summed E-state index contributed by atoms with van der Waals surface area (Å²) >= 11 is 0. The standard InChI is InChI=1S/C17H22N6O2/c1-22(17(24)25)13-7-8-23(11-13)15-9-14(20-16(18)21-15)19-10-12-5-3-2-4-6-12/h2-6,9,13H,7-8,10-11H2,1H3,(H,24,25)(H3,18,19,20,21)/t13-/m1/s1. The van der Waals surface area contributed by atoms with Gasteiger partial charge >= 0.3 is 6.09 Å². The summed E-state index contributed by atoms with van der Waals surface area (Å²) in [6.07, 6.45) is -0.154. The average molecular weight is 342 g/mol. The first-order chi connectivity index (χ1) is 12.0. The lowest BCUT2D eigenvalue weighted by Gasteiger charge is -2.22. The number of carbonyl (C=O) groups is 1. The highest BCUT2D eigenvalue weighted by atomic mass is 16.4. The number of nitrogen functional groups attached to an aromatic ring is 1. The van der Waals surface area contributed by atoms with E-state index in [0.717, 1.165) is 18.5 Å². The van der Waals surface area contributed by atoms with Crippen molar-refractivity contribution in [2.45, 2.75) is 19.0 Å². The molecule has 4 N–H and O–H groups in total. The molecule has 1 aromatic heterocycles. The molecule has 1 aliphatic rings. The first-order valence-electron chi connectivity index (χ1n) is 8.16. The van der Waals surface area contributed by atoms with Gasteiger partial charge in [0.05, 0.1) is 6.04 Å². The van der Waals surface area contributed by atoms with Crippen molar-refractivity contribution in [2.75, 3.05) is 36.1 Å². The van der Waals surface area contributed by atoms with E-state index in [1.807, 2.05) is 41.3 Å². The molecule has 1 amide bonds. The van der Waals surface area contributed by atoms with Crippen LogP contribution in [0.5, 0.6) is 0 Å². The van der Waals surface area contributed by atoms with Crippen molar-refractivity contribution >= 4 is 23.7 Å². The fourth-order valence-electron chi connectivity index (χ4n) is 2.92. The molecule has 0 saturated carbocycles. The van der Waals surface area contributed by atoms with Crippen LogP contribution in [0, 0.1) is 0 Å². The van der Waals surface area contributed by atoms with Crippen molar-refractivity contribution in [3.8, 4) is 0 Å². The highest BCUT2D eigenvalue weighted by Crippen LogP contribution is 2.23. The first kappa shape index (κ1) is 16.8. The van der Waals surface area contributed by atoms with E-state index in [1.54, 1.807) is 7.05 Å². The van der Waals surface area contributed by atoms with E-state index in [2.05, 4.69) is 15.3 Å². The number of nitrogens with two attached hydrogens (primary N) is 1. The van der Waals surface area contributed by atoms with Crippen molar-refractivity contribution in [2.24, 2.45) is 0 Å². The second kappa shape index (κ2) is 7.25. The highest BCUT2D eigenvalue weighted by Gasteiger charge is 2.29. The summed E-state index contributed by atoms with van der Waals surface area (Å²) in [6, 6.07) is 11.8. The van der Waals surface area contributed by atoms with Gasteiger partial charge in [0.2, 0.25) is 5.95 Å². The van der Waals surface area contributed by atoms with Gasteiger partial charge in [0, 0.05) is 32.7 Å². The van der Waals surface area contributed by atoms with Crippen LogP contribution in [-0.2, 0) is 6.54 Å². The van der Waals surface area contributed by atoms with E-state index < -0.39 is 6.09 Å². The number of benzene rings is 1. The largest absolute Gasteiger partial charge is 0.465 e. The Hall–Kier alpha value is -3.03. The Balaban J connectivity index is 1.68. The van der Waals surface area contributed by atoms with Crippen LogP contribution in [0.25, 0.3) is 0 Å². The SMILES string of the molecule is CN(C(=O)O)[C@@H]1CCN(c2cc(NCc3ccccc3)nc(N)n2)C1. The van der Waals surface area contributed by atoms with Gasteiger partial charge in [-0.25, -0.2) is 4.79 Å². The van der Waals surface area contributed by atoms with Gasteiger partial charge in [-0.3, -0.25) is 0 Å². The highest BCUT2D eigenvalue weighted by molar-refractivity contribution is 5.65. The monoisotopic (exact) mass is 342 g/mol. The lowest BCUT2D eigenvalue weighted by atomic mass is 10.2. The van der Waals surface area contributed by atoms with Crippen LogP contribution in [-0.4, -0.2) is 52.2 Å². The quantitative estimate of drug-likeness (QED) is 0.761. The Morgan fingerprint density at radius 3 is 2.88 bits per heavy atom. The average Bonchev–Trinajstić information content (AvgIpc) is 3.10. The van der Waals surface area contributed by atoms with E-state index >= 15 is 0 Å². The van der Waals surface area contributed by atoms with Crippen LogP contribution in [0.4, 0.5) is 22.4 Å². The Morgan fingerprint density at radius 1 is 1.40 bits per heavy atom. The number of nitrogens with zero attached hydrogens (tertiary/aromatic N) is 4. The maximum absolute atomic E-state index is 11.1. The topological polar surface area (TPSA) is 108 Å². The van der Waals surface area contributed by atoms with Crippen LogP contribution in [0.15, 0.2) is 36.4 Å². The normalized spacial score (nSPS) is 16.7. The zero-order chi connectivity index (χ0) is 17.8. The van der Waals surface area contributed by atoms with Crippen LogP contribution < -0.4 is 16.0 Å². The Bertz CT molecular complexity index is 739. The summed E-state index contributed by atoms with van der Waals surface area (Å²) in [6.45, 7) is 1.97. The van der Waals surface area contributed by atoms with E-state index in [9.17, 15) is 4.79 Å². The minimum atomic E-state index is -0.917. The summed E-state index contributed by atoms with van der Waals surface area (Å²) in [4.78, 5) is 23.0. The van der Waals surface area contributed by atoms with Gasteiger partial charge in [0.1, 0.15) is 11.6 Å². The van der Waals surface area contributed by atoms with Gasteiger partial charge in [-0.1, -0.05) is 30.3 Å². The Labute approximate surface area is 146 Å². The summed E-state index contributed by atoms with van der Waals surface area (Å²) in [5.41, 5.74) is 6.99. The third kappa shape index (κ3) is 4.09. The predicted molar refractivity (Wildman–Crippen MR) is 96.6 cm³/mol. The van der Waals surface area contributed by atoms with Gasteiger partial charge in [0.25, 0.3) is 0 Å². The molecule has 1 aromatic carbocycles. The molecule has 8 nitrogen and oxygen atoms in total. The summed E-state index contributed by atoms with van der Waals surface area (Å²) < 4.78 is 0.